The van der Waals surface area contributed by atoms with Crippen molar-refractivity contribution in [2.45, 2.75) is 51.6 Å². The van der Waals surface area contributed by atoms with Gasteiger partial charge in [0.15, 0.2) is 0 Å². The molecule has 0 radical (unpaired) electrons. The molecule has 0 aliphatic heterocycles. The summed E-state index contributed by atoms with van der Waals surface area (Å²) in [5.41, 5.74) is 2.54. The number of rotatable bonds is 6. The van der Waals surface area contributed by atoms with Crippen LogP contribution in [0.1, 0.15) is 44.6 Å². The molecular weight excluding hydrogens is 256 g/mol. The quantitative estimate of drug-likeness (QED) is 0.785. The lowest BCUT2D eigenvalue weighted by atomic mass is 10.1. The third-order valence-electron chi connectivity index (χ3n) is 4.04. The van der Waals surface area contributed by atoms with Crippen molar-refractivity contribution in [1.82, 2.24) is 5.32 Å². The third-order valence-corrected chi connectivity index (χ3v) is 4.34. The second kappa shape index (κ2) is 7.16. The van der Waals surface area contributed by atoms with Crippen molar-refractivity contribution in [1.29, 1.82) is 0 Å². The van der Waals surface area contributed by atoms with E-state index in [0.29, 0.717) is 6.04 Å². The van der Waals surface area contributed by atoms with Crippen molar-refractivity contribution in [3.63, 3.8) is 0 Å². The summed E-state index contributed by atoms with van der Waals surface area (Å²) in [6, 6.07) is 6.91. The topological polar surface area (TPSA) is 15.3 Å². The Balaban J connectivity index is 2.16. The Kier molecular flexibility index (Phi) is 5.53. The van der Waals surface area contributed by atoms with Gasteiger partial charge in [-0.05, 0) is 37.4 Å². The van der Waals surface area contributed by atoms with Gasteiger partial charge in [0.1, 0.15) is 0 Å². The minimum atomic E-state index is 0.657. The van der Waals surface area contributed by atoms with E-state index in [0.717, 1.165) is 24.5 Å². The van der Waals surface area contributed by atoms with Crippen molar-refractivity contribution in [3.8, 4) is 0 Å². The van der Waals surface area contributed by atoms with Crippen LogP contribution in [0.2, 0.25) is 5.02 Å². The lowest BCUT2D eigenvalue weighted by Gasteiger charge is -2.29. The molecule has 1 aromatic carbocycles. The van der Waals surface area contributed by atoms with E-state index in [-0.39, 0.29) is 0 Å². The summed E-state index contributed by atoms with van der Waals surface area (Å²) >= 11 is 6.45. The number of hydrogen-bond donors (Lipinski definition) is 1. The van der Waals surface area contributed by atoms with Crippen molar-refractivity contribution in [2.75, 3.05) is 18.5 Å². The fraction of sp³-hybridized carbons (Fsp3) is 0.625. The Labute approximate surface area is 122 Å². The van der Waals surface area contributed by atoms with Crippen LogP contribution in [0.3, 0.4) is 0 Å². The Morgan fingerprint density at radius 1 is 1.32 bits per heavy atom. The third kappa shape index (κ3) is 3.64. The van der Waals surface area contributed by atoms with E-state index in [4.69, 9.17) is 11.6 Å². The highest BCUT2D eigenvalue weighted by Crippen LogP contribution is 2.34. The molecule has 0 spiro atoms. The average Bonchev–Trinajstić information content (AvgIpc) is 2.92. The van der Waals surface area contributed by atoms with Gasteiger partial charge in [-0.1, -0.05) is 43.5 Å². The van der Waals surface area contributed by atoms with Gasteiger partial charge < -0.3 is 10.2 Å². The Hall–Kier alpha value is -0.730. The van der Waals surface area contributed by atoms with Crippen LogP contribution < -0.4 is 10.2 Å². The fourth-order valence-electron chi connectivity index (χ4n) is 2.97. The maximum absolute atomic E-state index is 6.45. The lowest BCUT2D eigenvalue weighted by Crippen LogP contribution is -2.30. The summed E-state index contributed by atoms with van der Waals surface area (Å²) in [7, 11) is 2.19. The molecule has 2 nitrogen and oxygen atoms in total. The monoisotopic (exact) mass is 280 g/mol. The number of halogens is 1. The van der Waals surface area contributed by atoms with E-state index in [9.17, 15) is 0 Å². The highest BCUT2D eigenvalue weighted by Gasteiger charge is 2.22. The molecule has 1 saturated carbocycles. The zero-order valence-electron chi connectivity index (χ0n) is 12.1. The predicted molar refractivity (Wildman–Crippen MR) is 84.1 cm³/mol. The summed E-state index contributed by atoms with van der Waals surface area (Å²) in [6.07, 6.45) is 6.45. The molecule has 1 aromatic rings. The van der Waals surface area contributed by atoms with Gasteiger partial charge in [-0.2, -0.15) is 0 Å². The Morgan fingerprint density at radius 3 is 2.74 bits per heavy atom. The van der Waals surface area contributed by atoms with Gasteiger partial charge in [-0.25, -0.2) is 0 Å². The fourth-order valence-corrected chi connectivity index (χ4v) is 3.30. The largest absolute Gasteiger partial charge is 0.370 e. The first kappa shape index (κ1) is 14.7. The highest BCUT2D eigenvalue weighted by molar-refractivity contribution is 6.33. The number of nitrogens with zero attached hydrogens (tertiary/aromatic N) is 1. The molecule has 0 saturated heterocycles. The molecule has 19 heavy (non-hydrogen) atoms. The summed E-state index contributed by atoms with van der Waals surface area (Å²) in [5, 5.41) is 4.36. The number of para-hydroxylation sites is 1. The molecule has 1 N–H and O–H groups in total. The maximum atomic E-state index is 6.45. The normalized spacial score (nSPS) is 15.9. The zero-order chi connectivity index (χ0) is 13.7. The molecule has 0 heterocycles. The van der Waals surface area contributed by atoms with Crippen LogP contribution in [-0.4, -0.2) is 19.6 Å². The second-order valence-corrected chi connectivity index (χ2v) is 5.88. The van der Waals surface area contributed by atoms with Crippen LogP contribution in [0.25, 0.3) is 0 Å². The molecule has 1 fully saturated rings. The van der Waals surface area contributed by atoms with Crippen LogP contribution in [0.5, 0.6) is 0 Å². The van der Waals surface area contributed by atoms with Crippen LogP contribution >= 0.6 is 11.6 Å². The smallest absolute Gasteiger partial charge is 0.0642 e. The molecule has 0 unspecified atom stereocenters. The molecule has 106 valence electrons. The maximum Gasteiger partial charge on any atom is 0.0642 e. The molecule has 1 aliphatic carbocycles. The van der Waals surface area contributed by atoms with Crippen molar-refractivity contribution in [2.24, 2.45) is 0 Å². The zero-order valence-corrected chi connectivity index (χ0v) is 12.8. The number of nitrogens with one attached hydrogen (secondary N) is 1. The molecule has 1 aliphatic rings. The van der Waals surface area contributed by atoms with Crippen LogP contribution in [0, 0.1) is 0 Å². The van der Waals surface area contributed by atoms with Crippen molar-refractivity contribution >= 4 is 17.3 Å². The molecule has 3 heteroatoms. The first-order chi connectivity index (χ1) is 9.24. The molecule has 0 amide bonds. The van der Waals surface area contributed by atoms with Crippen molar-refractivity contribution in [3.05, 3.63) is 28.8 Å². The molecular formula is C16H25ClN2. The predicted octanol–water partition coefficient (Wildman–Crippen LogP) is 4.22. The Morgan fingerprint density at radius 2 is 2.05 bits per heavy atom. The molecule has 0 bridgehead atoms. The van der Waals surface area contributed by atoms with Crippen molar-refractivity contribution < 1.29 is 0 Å². The van der Waals surface area contributed by atoms with Crippen LogP contribution in [0.15, 0.2) is 18.2 Å². The van der Waals surface area contributed by atoms with Gasteiger partial charge in [0.2, 0.25) is 0 Å². The molecule has 2 rings (SSSR count). The van der Waals surface area contributed by atoms with Gasteiger partial charge in [0.05, 0.1) is 10.7 Å². The lowest BCUT2D eigenvalue weighted by molar-refractivity contribution is 0.640. The average molecular weight is 281 g/mol. The summed E-state index contributed by atoms with van der Waals surface area (Å²) in [4.78, 5) is 2.40. The number of anilines is 1. The minimum Gasteiger partial charge on any atom is -0.370 e. The molecule has 0 aromatic heterocycles. The minimum absolute atomic E-state index is 0.657. The van der Waals surface area contributed by atoms with Gasteiger partial charge in [-0.3, -0.25) is 0 Å². The van der Waals surface area contributed by atoms with Gasteiger partial charge in [-0.15, -0.1) is 0 Å². The second-order valence-electron chi connectivity index (χ2n) is 5.47. The van der Waals surface area contributed by atoms with Crippen LogP contribution in [0.4, 0.5) is 5.69 Å². The van der Waals surface area contributed by atoms with Gasteiger partial charge in [0, 0.05) is 19.6 Å². The van der Waals surface area contributed by atoms with Crippen LogP contribution in [-0.2, 0) is 6.54 Å². The molecule has 0 atom stereocenters. The SMILES string of the molecule is CCCNCc1cccc(Cl)c1N(C)C1CCCC1. The van der Waals surface area contributed by atoms with E-state index in [1.54, 1.807) is 0 Å². The van der Waals surface area contributed by atoms with E-state index >= 15 is 0 Å². The first-order valence-corrected chi connectivity index (χ1v) is 7.82. The first-order valence-electron chi connectivity index (χ1n) is 7.45. The highest BCUT2D eigenvalue weighted by atomic mass is 35.5. The van der Waals surface area contributed by atoms with Gasteiger partial charge >= 0.3 is 0 Å². The summed E-state index contributed by atoms with van der Waals surface area (Å²) < 4.78 is 0. The van der Waals surface area contributed by atoms with E-state index in [1.165, 1.54) is 36.9 Å². The van der Waals surface area contributed by atoms with E-state index in [1.807, 2.05) is 6.07 Å². The summed E-state index contributed by atoms with van der Waals surface area (Å²) in [6.45, 7) is 4.15. The number of hydrogen-bond acceptors (Lipinski definition) is 2. The Bertz CT molecular complexity index is 400. The summed E-state index contributed by atoms with van der Waals surface area (Å²) in [5.74, 6) is 0. The van der Waals surface area contributed by atoms with E-state index < -0.39 is 0 Å². The van der Waals surface area contributed by atoms with Gasteiger partial charge in [0.25, 0.3) is 0 Å². The van der Waals surface area contributed by atoms with E-state index in [2.05, 4.69) is 36.3 Å². The number of benzene rings is 1. The standard InChI is InChI=1S/C16H25ClN2/c1-3-11-18-12-13-7-6-10-15(17)16(13)19(2)14-8-4-5-9-14/h6-7,10,14,18H,3-5,8-9,11-12H2,1-2H3.